The third-order valence-electron chi connectivity index (χ3n) is 3.03. The van der Waals surface area contributed by atoms with Crippen LogP contribution in [-0.4, -0.2) is 40.1 Å². The zero-order valence-electron chi connectivity index (χ0n) is 11.0. The minimum Gasteiger partial charge on any atom is -0.409 e. The highest BCUT2D eigenvalue weighted by Crippen LogP contribution is 2.23. The summed E-state index contributed by atoms with van der Waals surface area (Å²) in [4.78, 5) is 0. The van der Waals surface area contributed by atoms with Crippen LogP contribution in [0, 0.1) is 5.82 Å². The lowest BCUT2D eigenvalue weighted by Crippen LogP contribution is -2.29. The Kier molecular flexibility index (Phi) is 6.00. The van der Waals surface area contributed by atoms with Gasteiger partial charge >= 0.3 is 0 Å². The van der Waals surface area contributed by atoms with Gasteiger partial charge in [0.2, 0.25) is 0 Å². The van der Waals surface area contributed by atoms with Crippen molar-refractivity contribution < 1.29 is 9.60 Å². The summed E-state index contributed by atoms with van der Waals surface area (Å²) in [5, 5.41) is 15.3. The zero-order valence-corrected chi connectivity index (χ0v) is 12.6. The van der Waals surface area contributed by atoms with E-state index in [4.69, 9.17) is 10.9 Å². The lowest BCUT2D eigenvalue weighted by Gasteiger charge is -2.21. The number of rotatable bonds is 5. The molecule has 1 fully saturated rings. The van der Waals surface area contributed by atoms with E-state index in [0.717, 1.165) is 12.3 Å². The number of thioether (sulfide) groups is 2. The van der Waals surface area contributed by atoms with Crippen molar-refractivity contribution >= 4 is 29.4 Å². The molecule has 0 radical (unpaired) electrons. The molecule has 0 saturated carbocycles. The monoisotopic (exact) mass is 315 g/mol. The van der Waals surface area contributed by atoms with Crippen molar-refractivity contribution in [1.29, 1.82) is 0 Å². The van der Waals surface area contributed by atoms with Crippen molar-refractivity contribution in [3.63, 3.8) is 0 Å². The molecule has 0 spiro atoms. The molecule has 1 aliphatic heterocycles. The van der Waals surface area contributed by atoms with Gasteiger partial charge in [-0.3, -0.25) is 0 Å². The van der Waals surface area contributed by atoms with Gasteiger partial charge in [0.25, 0.3) is 0 Å². The molecule has 1 saturated heterocycles. The first-order valence-electron chi connectivity index (χ1n) is 6.37. The van der Waals surface area contributed by atoms with E-state index in [1.54, 1.807) is 12.1 Å². The maximum Gasteiger partial charge on any atom is 0.173 e. The van der Waals surface area contributed by atoms with E-state index in [0.29, 0.717) is 17.4 Å². The Hall–Kier alpha value is -0.920. The topological polar surface area (TPSA) is 70.6 Å². The molecule has 7 heteroatoms. The van der Waals surface area contributed by atoms with Gasteiger partial charge in [0.1, 0.15) is 5.82 Å². The van der Waals surface area contributed by atoms with Crippen LogP contribution in [0.4, 0.5) is 4.39 Å². The SMILES string of the molecule is N/C(=N/O)c1cccc(CNCC2CSCCS2)c1F. The van der Waals surface area contributed by atoms with Crippen LogP contribution in [0.3, 0.4) is 0 Å². The zero-order chi connectivity index (χ0) is 14.4. The average Bonchev–Trinajstić information content (AvgIpc) is 2.49. The Morgan fingerprint density at radius 1 is 1.50 bits per heavy atom. The van der Waals surface area contributed by atoms with Crippen molar-refractivity contribution in [2.24, 2.45) is 10.9 Å². The molecule has 0 aromatic heterocycles. The van der Waals surface area contributed by atoms with Gasteiger partial charge in [-0.15, -0.1) is 0 Å². The predicted octanol–water partition coefficient (Wildman–Crippen LogP) is 1.86. The summed E-state index contributed by atoms with van der Waals surface area (Å²) in [5.41, 5.74) is 6.11. The summed E-state index contributed by atoms with van der Waals surface area (Å²) in [6, 6.07) is 4.92. The van der Waals surface area contributed by atoms with E-state index in [2.05, 4.69) is 10.5 Å². The number of halogens is 1. The molecule has 2 rings (SSSR count). The third-order valence-corrected chi connectivity index (χ3v) is 5.88. The van der Waals surface area contributed by atoms with Crippen LogP contribution in [0.2, 0.25) is 0 Å². The minimum atomic E-state index is -0.430. The van der Waals surface area contributed by atoms with Crippen molar-refractivity contribution in [3.05, 3.63) is 35.1 Å². The number of nitrogens with one attached hydrogen (secondary N) is 1. The maximum atomic E-state index is 14.2. The average molecular weight is 315 g/mol. The van der Waals surface area contributed by atoms with E-state index in [1.807, 2.05) is 23.5 Å². The van der Waals surface area contributed by atoms with E-state index in [-0.39, 0.29) is 11.4 Å². The summed E-state index contributed by atoms with van der Waals surface area (Å²) in [5.74, 6) is 2.91. The van der Waals surface area contributed by atoms with Crippen LogP contribution < -0.4 is 11.1 Å². The fraction of sp³-hybridized carbons (Fsp3) is 0.462. The van der Waals surface area contributed by atoms with Crippen molar-refractivity contribution in [2.45, 2.75) is 11.8 Å². The number of nitrogens with two attached hydrogens (primary N) is 1. The number of benzene rings is 1. The molecular formula is C13H18FN3OS2. The molecule has 1 aliphatic rings. The van der Waals surface area contributed by atoms with Crippen molar-refractivity contribution in [3.8, 4) is 0 Å². The molecule has 0 amide bonds. The van der Waals surface area contributed by atoms with Gasteiger partial charge in [-0.2, -0.15) is 23.5 Å². The molecule has 4 N–H and O–H groups in total. The minimum absolute atomic E-state index is 0.134. The first-order valence-corrected chi connectivity index (χ1v) is 8.58. The van der Waals surface area contributed by atoms with E-state index < -0.39 is 5.82 Å². The number of oxime groups is 1. The normalized spacial score (nSPS) is 20.1. The smallest absolute Gasteiger partial charge is 0.173 e. The van der Waals surface area contributed by atoms with Gasteiger partial charge < -0.3 is 16.3 Å². The maximum absolute atomic E-state index is 14.2. The van der Waals surface area contributed by atoms with Gasteiger partial charge in [0.05, 0.1) is 5.56 Å². The standard InChI is InChI=1S/C13H18FN3OS2/c14-12-9(2-1-3-11(12)13(15)17-18)6-16-7-10-8-19-4-5-20-10/h1-3,10,16,18H,4-8H2,(H2,15,17). The molecule has 1 unspecified atom stereocenters. The molecule has 0 aliphatic carbocycles. The first kappa shape index (κ1) is 15.5. The number of hydrogen-bond donors (Lipinski definition) is 3. The Morgan fingerprint density at radius 2 is 2.35 bits per heavy atom. The summed E-state index contributed by atoms with van der Waals surface area (Å²) in [6.07, 6.45) is 0. The molecule has 1 aromatic carbocycles. The van der Waals surface area contributed by atoms with Gasteiger partial charge in [-0.25, -0.2) is 4.39 Å². The first-order chi connectivity index (χ1) is 9.72. The van der Waals surface area contributed by atoms with Crippen LogP contribution in [0.5, 0.6) is 0 Å². The molecular weight excluding hydrogens is 297 g/mol. The Labute approximate surface area is 126 Å². The van der Waals surface area contributed by atoms with Gasteiger partial charge in [0, 0.05) is 41.2 Å². The van der Waals surface area contributed by atoms with Gasteiger partial charge in [0.15, 0.2) is 5.84 Å². The number of amidine groups is 1. The molecule has 1 aromatic rings. The summed E-state index contributed by atoms with van der Waals surface area (Å²) < 4.78 is 14.2. The molecule has 110 valence electrons. The second kappa shape index (κ2) is 7.75. The fourth-order valence-electron chi connectivity index (χ4n) is 1.99. The second-order valence-electron chi connectivity index (χ2n) is 4.46. The molecule has 20 heavy (non-hydrogen) atoms. The fourth-order valence-corrected chi connectivity index (χ4v) is 4.64. The van der Waals surface area contributed by atoms with Crippen LogP contribution in [0.1, 0.15) is 11.1 Å². The van der Waals surface area contributed by atoms with Crippen LogP contribution in [0.25, 0.3) is 0 Å². The van der Waals surface area contributed by atoms with Crippen LogP contribution in [-0.2, 0) is 6.54 Å². The summed E-state index contributed by atoms with van der Waals surface area (Å²) in [6.45, 7) is 1.31. The van der Waals surface area contributed by atoms with E-state index in [9.17, 15) is 4.39 Å². The van der Waals surface area contributed by atoms with Crippen molar-refractivity contribution in [2.75, 3.05) is 23.8 Å². The summed E-state index contributed by atoms with van der Waals surface area (Å²) >= 11 is 3.93. The lowest BCUT2D eigenvalue weighted by molar-refractivity contribution is 0.318. The molecule has 0 bridgehead atoms. The van der Waals surface area contributed by atoms with Crippen LogP contribution >= 0.6 is 23.5 Å². The quantitative estimate of drug-likeness (QED) is 0.335. The number of nitrogens with zero attached hydrogens (tertiary/aromatic N) is 1. The second-order valence-corrected chi connectivity index (χ2v) is 7.02. The van der Waals surface area contributed by atoms with E-state index in [1.165, 1.54) is 17.6 Å². The Morgan fingerprint density at radius 3 is 3.05 bits per heavy atom. The predicted molar refractivity (Wildman–Crippen MR) is 84.2 cm³/mol. The highest BCUT2D eigenvalue weighted by molar-refractivity contribution is 8.06. The Bertz CT molecular complexity index is 479. The highest BCUT2D eigenvalue weighted by atomic mass is 32.2. The summed E-state index contributed by atoms with van der Waals surface area (Å²) in [7, 11) is 0. The molecule has 1 heterocycles. The molecule has 1 atom stereocenters. The highest BCUT2D eigenvalue weighted by Gasteiger charge is 2.15. The third kappa shape index (κ3) is 4.04. The van der Waals surface area contributed by atoms with Crippen LogP contribution in [0.15, 0.2) is 23.4 Å². The van der Waals surface area contributed by atoms with E-state index >= 15 is 0 Å². The lowest BCUT2D eigenvalue weighted by atomic mass is 10.1. The number of hydrogen-bond acceptors (Lipinski definition) is 5. The largest absolute Gasteiger partial charge is 0.409 e. The molecule has 4 nitrogen and oxygen atoms in total. The van der Waals surface area contributed by atoms with Crippen molar-refractivity contribution in [1.82, 2.24) is 5.32 Å². The van der Waals surface area contributed by atoms with Gasteiger partial charge in [-0.05, 0) is 6.07 Å². The van der Waals surface area contributed by atoms with Gasteiger partial charge in [-0.1, -0.05) is 17.3 Å². The Balaban J connectivity index is 1.92.